The van der Waals surface area contributed by atoms with Crippen LogP contribution in [0.25, 0.3) is 11.1 Å². The molecular formula is C18H12F2O3S. The first-order valence-electron chi connectivity index (χ1n) is 7.02. The fourth-order valence-electron chi connectivity index (χ4n) is 2.19. The van der Waals surface area contributed by atoms with Gasteiger partial charge >= 0.3 is 0 Å². The van der Waals surface area contributed by atoms with Crippen LogP contribution in [-0.4, -0.2) is 6.29 Å². The van der Waals surface area contributed by atoms with Gasteiger partial charge in [-0.05, 0) is 47.5 Å². The molecule has 0 aliphatic carbocycles. The number of rotatable bonds is 5. The molecule has 0 saturated heterocycles. The predicted molar refractivity (Wildman–Crippen MR) is 87.5 cm³/mol. The molecule has 1 aromatic heterocycles. The lowest BCUT2D eigenvalue weighted by Gasteiger charge is -2.08. The number of furan rings is 1. The maximum atomic E-state index is 13.4. The fourth-order valence-corrected chi connectivity index (χ4v) is 2.50. The Morgan fingerprint density at radius 2 is 1.75 bits per heavy atom. The van der Waals surface area contributed by atoms with Gasteiger partial charge in [-0.25, -0.2) is 8.78 Å². The predicted octanol–water partition coefficient (Wildman–Crippen LogP) is 4.91. The first-order valence-corrected chi connectivity index (χ1v) is 7.46. The van der Waals surface area contributed by atoms with E-state index in [9.17, 15) is 13.6 Å². The van der Waals surface area contributed by atoms with Crippen LogP contribution in [0.5, 0.6) is 5.75 Å². The summed E-state index contributed by atoms with van der Waals surface area (Å²) in [7, 11) is 0. The smallest absolute Gasteiger partial charge is 0.185 e. The second kappa shape index (κ2) is 6.88. The molecule has 0 aliphatic rings. The van der Waals surface area contributed by atoms with Crippen LogP contribution in [0.1, 0.15) is 16.3 Å². The van der Waals surface area contributed by atoms with Crippen molar-refractivity contribution in [3.8, 4) is 16.9 Å². The van der Waals surface area contributed by atoms with Crippen LogP contribution in [0.3, 0.4) is 0 Å². The molecule has 122 valence electrons. The summed E-state index contributed by atoms with van der Waals surface area (Å²) < 4.78 is 37.3. The highest BCUT2D eigenvalue weighted by Crippen LogP contribution is 2.30. The molecule has 0 bridgehead atoms. The number of thiol groups is 1. The lowest BCUT2D eigenvalue weighted by molar-refractivity contribution is 0.109. The molecule has 24 heavy (non-hydrogen) atoms. The van der Waals surface area contributed by atoms with E-state index >= 15 is 0 Å². The highest BCUT2D eigenvalue weighted by molar-refractivity contribution is 7.80. The normalized spacial score (nSPS) is 10.6. The summed E-state index contributed by atoms with van der Waals surface area (Å²) in [5, 5.41) is 0. The van der Waals surface area contributed by atoms with Gasteiger partial charge in [0, 0.05) is 4.90 Å². The molecule has 0 saturated carbocycles. The van der Waals surface area contributed by atoms with Crippen molar-refractivity contribution >= 4 is 18.9 Å². The van der Waals surface area contributed by atoms with Crippen LogP contribution < -0.4 is 4.74 Å². The molecule has 0 radical (unpaired) electrons. The Labute approximate surface area is 142 Å². The first-order chi connectivity index (χ1) is 11.6. The average molecular weight is 346 g/mol. The molecule has 0 N–H and O–H groups in total. The maximum Gasteiger partial charge on any atom is 0.185 e. The Morgan fingerprint density at radius 1 is 1.04 bits per heavy atom. The van der Waals surface area contributed by atoms with Crippen LogP contribution in [0.4, 0.5) is 8.78 Å². The van der Waals surface area contributed by atoms with Crippen molar-refractivity contribution in [2.75, 3.05) is 0 Å². The van der Waals surface area contributed by atoms with E-state index in [-0.39, 0.29) is 12.4 Å². The minimum absolute atomic E-state index is 0.177. The average Bonchev–Trinajstić information content (AvgIpc) is 3.05. The lowest BCUT2D eigenvalue weighted by atomic mass is 10.1. The van der Waals surface area contributed by atoms with Gasteiger partial charge in [-0.2, -0.15) is 0 Å². The summed E-state index contributed by atoms with van der Waals surface area (Å²) in [4.78, 5) is 10.9. The zero-order valence-corrected chi connectivity index (χ0v) is 13.2. The molecule has 0 unspecified atom stereocenters. The monoisotopic (exact) mass is 346 g/mol. The molecule has 3 rings (SSSR count). The van der Waals surface area contributed by atoms with Crippen LogP contribution in [0, 0.1) is 11.6 Å². The SMILES string of the molecule is O=Cc1ccc(COc2ccc(-c3cc(F)c(F)cc3S)cc2)o1. The molecule has 3 aromatic rings. The Hall–Kier alpha value is -2.60. The molecule has 0 atom stereocenters. The van der Waals surface area contributed by atoms with E-state index in [4.69, 9.17) is 9.15 Å². The van der Waals surface area contributed by atoms with Crippen molar-refractivity contribution in [2.24, 2.45) is 0 Å². The third-order valence-corrected chi connectivity index (χ3v) is 3.75. The molecular weight excluding hydrogens is 334 g/mol. The number of ether oxygens (including phenoxy) is 1. The van der Waals surface area contributed by atoms with Crippen LogP contribution >= 0.6 is 12.6 Å². The molecule has 2 aromatic carbocycles. The van der Waals surface area contributed by atoms with Gasteiger partial charge in [0.25, 0.3) is 0 Å². The van der Waals surface area contributed by atoms with Gasteiger partial charge < -0.3 is 9.15 Å². The second-order valence-electron chi connectivity index (χ2n) is 5.02. The summed E-state index contributed by atoms with van der Waals surface area (Å²) in [6.07, 6.45) is 0.620. The van der Waals surface area contributed by atoms with E-state index < -0.39 is 11.6 Å². The molecule has 1 heterocycles. The van der Waals surface area contributed by atoms with E-state index in [2.05, 4.69) is 12.6 Å². The Bertz CT molecular complexity index is 872. The molecule has 0 amide bonds. The standard InChI is InChI=1S/C18H12F2O3S/c19-16-7-15(18(24)8-17(16)20)11-1-3-12(4-2-11)22-10-14-6-5-13(9-21)23-14/h1-9,24H,10H2. The fraction of sp³-hybridized carbons (Fsp3) is 0.0556. The third kappa shape index (κ3) is 3.49. The minimum Gasteiger partial charge on any atom is -0.486 e. The molecule has 0 spiro atoms. The molecule has 0 fully saturated rings. The number of hydrogen-bond donors (Lipinski definition) is 1. The Kier molecular flexibility index (Phi) is 4.66. The van der Waals surface area contributed by atoms with Crippen molar-refractivity contribution < 1.29 is 22.7 Å². The zero-order chi connectivity index (χ0) is 17.1. The highest BCUT2D eigenvalue weighted by Gasteiger charge is 2.10. The molecule has 3 nitrogen and oxygen atoms in total. The van der Waals surface area contributed by atoms with E-state index in [0.29, 0.717) is 33.8 Å². The van der Waals surface area contributed by atoms with E-state index in [1.807, 2.05) is 0 Å². The van der Waals surface area contributed by atoms with Crippen molar-refractivity contribution in [2.45, 2.75) is 11.5 Å². The van der Waals surface area contributed by atoms with Crippen molar-refractivity contribution in [3.05, 3.63) is 71.7 Å². The summed E-state index contributed by atoms with van der Waals surface area (Å²) in [6.45, 7) is 0.177. The van der Waals surface area contributed by atoms with Gasteiger partial charge in [0.05, 0.1) is 0 Å². The largest absolute Gasteiger partial charge is 0.486 e. The van der Waals surface area contributed by atoms with Crippen LogP contribution in [-0.2, 0) is 6.61 Å². The van der Waals surface area contributed by atoms with Gasteiger partial charge in [0.15, 0.2) is 23.7 Å². The van der Waals surface area contributed by atoms with Crippen molar-refractivity contribution in [1.82, 2.24) is 0 Å². The molecule has 6 heteroatoms. The van der Waals surface area contributed by atoms with Crippen LogP contribution in [0.15, 0.2) is 57.8 Å². The quantitative estimate of drug-likeness (QED) is 0.527. The van der Waals surface area contributed by atoms with Crippen molar-refractivity contribution in [3.63, 3.8) is 0 Å². The Morgan fingerprint density at radius 3 is 2.42 bits per heavy atom. The zero-order valence-electron chi connectivity index (χ0n) is 12.3. The van der Waals surface area contributed by atoms with Gasteiger partial charge in [0.1, 0.15) is 18.1 Å². The summed E-state index contributed by atoms with van der Waals surface area (Å²) in [5.41, 5.74) is 1.18. The van der Waals surface area contributed by atoms with E-state index in [0.717, 1.165) is 12.1 Å². The summed E-state index contributed by atoms with van der Waals surface area (Å²) in [5.74, 6) is -0.516. The Balaban J connectivity index is 1.73. The summed E-state index contributed by atoms with van der Waals surface area (Å²) >= 11 is 4.17. The maximum absolute atomic E-state index is 13.4. The van der Waals surface area contributed by atoms with E-state index in [1.165, 1.54) is 0 Å². The number of carbonyl (C=O) groups is 1. The van der Waals surface area contributed by atoms with Crippen molar-refractivity contribution in [1.29, 1.82) is 0 Å². The number of benzene rings is 2. The second-order valence-corrected chi connectivity index (χ2v) is 5.50. The van der Waals surface area contributed by atoms with Gasteiger partial charge in [-0.15, -0.1) is 12.6 Å². The number of hydrogen-bond acceptors (Lipinski definition) is 4. The lowest BCUT2D eigenvalue weighted by Crippen LogP contribution is -1.94. The van der Waals surface area contributed by atoms with Gasteiger partial charge in [0.2, 0.25) is 0 Å². The van der Waals surface area contributed by atoms with E-state index in [1.54, 1.807) is 36.4 Å². The topological polar surface area (TPSA) is 39.4 Å². The number of aldehydes is 1. The third-order valence-electron chi connectivity index (χ3n) is 3.38. The first kappa shape index (κ1) is 16.3. The highest BCUT2D eigenvalue weighted by atomic mass is 32.1. The summed E-state index contributed by atoms with van der Waals surface area (Å²) in [6, 6.07) is 12.2. The molecule has 0 aliphatic heterocycles. The van der Waals surface area contributed by atoms with Gasteiger partial charge in [-0.3, -0.25) is 4.79 Å². The minimum atomic E-state index is -0.933. The van der Waals surface area contributed by atoms with Crippen LogP contribution in [0.2, 0.25) is 0 Å². The number of carbonyl (C=O) groups excluding carboxylic acids is 1. The number of halogens is 2. The van der Waals surface area contributed by atoms with Gasteiger partial charge in [-0.1, -0.05) is 12.1 Å².